The predicted octanol–water partition coefficient (Wildman–Crippen LogP) is 1.16. The second kappa shape index (κ2) is 5.57. The molecule has 3 rings (SSSR count). The van der Waals surface area contributed by atoms with Crippen LogP contribution in [0.2, 0.25) is 0 Å². The van der Waals surface area contributed by atoms with Crippen molar-refractivity contribution in [2.75, 3.05) is 18.6 Å². The second-order valence-corrected chi connectivity index (χ2v) is 7.54. The third kappa shape index (κ3) is 2.89. The minimum atomic E-state index is -3.03. The first-order chi connectivity index (χ1) is 10.5. The fourth-order valence-electron chi connectivity index (χ4n) is 2.61. The predicted molar refractivity (Wildman–Crippen MR) is 82.8 cm³/mol. The van der Waals surface area contributed by atoms with Crippen molar-refractivity contribution in [1.29, 1.82) is 0 Å². The second-order valence-electron chi connectivity index (χ2n) is 5.31. The van der Waals surface area contributed by atoms with E-state index in [1.807, 2.05) is 24.3 Å². The number of nitrogens with zero attached hydrogens (tertiary/aromatic N) is 1. The summed E-state index contributed by atoms with van der Waals surface area (Å²) in [6, 6.07) is 8.80. The van der Waals surface area contributed by atoms with Crippen molar-refractivity contribution in [3.8, 4) is 5.88 Å². The number of sulfone groups is 1. The molecule has 1 aliphatic rings. The fourth-order valence-corrected chi connectivity index (χ4v) is 4.28. The van der Waals surface area contributed by atoms with Gasteiger partial charge < -0.3 is 10.1 Å². The molecule has 0 bridgehead atoms. The lowest BCUT2D eigenvalue weighted by atomic mass is 10.1. The van der Waals surface area contributed by atoms with Gasteiger partial charge in [0.15, 0.2) is 9.84 Å². The molecule has 1 N–H and O–H groups in total. The number of ether oxygens (including phenoxy) is 1. The molecular weight excluding hydrogens is 304 g/mol. The standard InChI is InChI=1S/C15H16N2O4S/c1-21-15-12-5-3-2-4-10(12)8-13(17-15)14(18)16-11-6-7-22(19,20)9-11/h2-5,8,11H,6-7,9H2,1H3,(H,16,18)/t11-/m0/s1. The number of hydrogen-bond donors (Lipinski definition) is 1. The fraction of sp³-hybridized carbons (Fsp3) is 0.333. The van der Waals surface area contributed by atoms with Crippen LogP contribution in [-0.4, -0.2) is 44.0 Å². The largest absolute Gasteiger partial charge is 0.481 e. The zero-order valence-corrected chi connectivity index (χ0v) is 12.9. The summed E-state index contributed by atoms with van der Waals surface area (Å²) in [6.07, 6.45) is 0.443. The maximum absolute atomic E-state index is 12.3. The molecule has 2 heterocycles. The molecule has 1 aromatic heterocycles. The van der Waals surface area contributed by atoms with E-state index in [9.17, 15) is 13.2 Å². The molecule has 1 aliphatic heterocycles. The van der Waals surface area contributed by atoms with Gasteiger partial charge in [-0.15, -0.1) is 0 Å². The SMILES string of the molecule is COc1nc(C(=O)N[C@H]2CCS(=O)(=O)C2)cc2ccccc12. The number of methoxy groups -OCH3 is 1. The van der Waals surface area contributed by atoms with Crippen LogP contribution in [-0.2, 0) is 9.84 Å². The van der Waals surface area contributed by atoms with Crippen LogP contribution in [0.25, 0.3) is 10.8 Å². The van der Waals surface area contributed by atoms with Crippen molar-refractivity contribution in [2.24, 2.45) is 0 Å². The topological polar surface area (TPSA) is 85.4 Å². The summed E-state index contributed by atoms with van der Waals surface area (Å²) < 4.78 is 28.1. The number of carbonyl (C=O) groups excluding carboxylic acids is 1. The van der Waals surface area contributed by atoms with Crippen LogP contribution >= 0.6 is 0 Å². The third-order valence-electron chi connectivity index (χ3n) is 3.70. The van der Waals surface area contributed by atoms with E-state index in [4.69, 9.17) is 4.74 Å². The van der Waals surface area contributed by atoms with Gasteiger partial charge in [0.05, 0.1) is 18.6 Å². The molecule has 0 aliphatic carbocycles. The maximum atomic E-state index is 12.3. The molecular formula is C15H16N2O4S. The van der Waals surface area contributed by atoms with E-state index < -0.39 is 9.84 Å². The molecule has 7 heteroatoms. The zero-order chi connectivity index (χ0) is 15.7. The minimum Gasteiger partial charge on any atom is -0.481 e. The Hall–Kier alpha value is -2.15. The molecule has 0 saturated carbocycles. The Balaban J connectivity index is 1.88. The van der Waals surface area contributed by atoms with Crippen LogP contribution < -0.4 is 10.1 Å². The highest BCUT2D eigenvalue weighted by atomic mass is 32.2. The van der Waals surface area contributed by atoms with Crippen molar-refractivity contribution < 1.29 is 17.9 Å². The first-order valence-corrected chi connectivity index (χ1v) is 8.76. The zero-order valence-electron chi connectivity index (χ0n) is 12.1. The summed E-state index contributed by atoms with van der Waals surface area (Å²) in [5, 5.41) is 4.40. The van der Waals surface area contributed by atoms with Crippen molar-refractivity contribution >= 4 is 26.5 Å². The van der Waals surface area contributed by atoms with E-state index in [0.29, 0.717) is 12.3 Å². The van der Waals surface area contributed by atoms with Crippen LogP contribution in [0.4, 0.5) is 0 Å². The molecule has 1 saturated heterocycles. The van der Waals surface area contributed by atoms with E-state index in [-0.39, 0.29) is 29.1 Å². The van der Waals surface area contributed by atoms with Crippen molar-refractivity contribution in [1.82, 2.24) is 10.3 Å². The van der Waals surface area contributed by atoms with Gasteiger partial charge in [-0.1, -0.05) is 18.2 Å². The van der Waals surface area contributed by atoms with Gasteiger partial charge in [-0.2, -0.15) is 0 Å². The Morgan fingerprint density at radius 3 is 2.82 bits per heavy atom. The molecule has 22 heavy (non-hydrogen) atoms. The number of amides is 1. The Bertz CT molecular complexity index is 833. The van der Waals surface area contributed by atoms with E-state index >= 15 is 0 Å². The molecule has 1 atom stereocenters. The van der Waals surface area contributed by atoms with Crippen molar-refractivity contribution in [2.45, 2.75) is 12.5 Å². The molecule has 2 aromatic rings. The van der Waals surface area contributed by atoms with Crippen LogP contribution in [0.15, 0.2) is 30.3 Å². The van der Waals surface area contributed by atoms with E-state index in [2.05, 4.69) is 10.3 Å². The average Bonchev–Trinajstić information content (AvgIpc) is 2.84. The number of benzene rings is 1. The first-order valence-electron chi connectivity index (χ1n) is 6.93. The van der Waals surface area contributed by atoms with Gasteiger partial charge in [0.2, 0.25) is 5.88 Å². The van der Waals surface area contributed by atoms with Crippen LogP contribution in [0.1, 0.15) is 16.9 Å². The number of rotatable bonds is 3. The molecule has 6 nitrogen and oxygen atoms in total. The molecule has 1 aromatic carbocycles. The van der Waals surface area contributed by atoms with Gasteiger partial charge in [-0.3, -0.25) is 4.79 Å². The van der Waals surface area contributed by atoms with Gasteiger partial charge in [0.1, 0.15) is 5.69 Å². The first kappa shape index (κ1) is 14.8. The molecule has 0 unspecified atom stereocenters. The Labute approximate surface area is 128 Å². The number of nitrogens with one attached hydrogen (secondary N) is 1. The van der Waals surface area contributed by atoms with Crippen molar-refractivity contribution in [3.05, 3.63) is 36.0 Å². The Morgan fingerprint density at radius 1 is 1.36 bits per heavy atom. The Morgan fingerprint density at radius 2 is 2.14 bits per heavy atom. The number of aromatic nitrogens is 1. The Kier molecular flexibility index (Phi) is 3.74. The summed E-state index contributed by atoms with van der Waals surface area (Å²) >= 11 is 0. The van der Waals surface area contributed by atoms with Crippen LogP contribution in [0, 0.1) is 0 Å². The highest BCUT2D eigenvalue weighted by Crippen LogP contribution is 2.24. The van der Waals surface area contributed by atoms with Gasteiger partial charge >= 0.3 is 0 Å². The van der Waals surface area contributed by atoms with E-state index in [1.54, 1.807) is 6.07 Å². The molecule has 1 amide bonds. The highest BCUT2D eigenvalue weighted by Gasteiger charge is 2.29. The maximum Gasteiger partial charge on any atom is 0.270 e. The van der Waals surface area contributed by atoms with Gasteiger partial charge in [0.25, 0.3) is 5.91 Å². The number of pyridine rings is 1. The lowest BCUT2D eigenvalue weighted by molar-refractivity contribution is 0.0935. The summed E-state index contributed by atoms with van der Waals surface area (Å²) in [7, 11) is -1.53. The number of fused-ring (bicyclic) bond motifs is 1. The van der Waals surface area contributed by atoms with Crippen LogP contribution in [0.5, 0.6) is 5.88 Å². The average molecular weight is 320 g/mol. The number of hydrogen-bond acceptors (Lipinski definition) is 5. The molecule has 0 spiro atoms. The number of carbonyl (C=O) groups is 1. The summed E-state index contributed by atoms with van der Waals surface area (Å²) in [5.74, 6) is 0.101. The lowest BCUT2D eigenvalue weighted by Crippen LogP contribution is -2.36. The lowest BCUT2D eigenvalue weighted by Gasteiger charge is -2.12. The minimum absolute atomic E-state index is 0.0105. The summed E-state index contributed by atoms with van der Waals surface area (Å²) in [5.41, 5.74) is 0.222. The quantitative estimate of drug-likeness (QED) is 0.917. The van der Waals surface area contributed by atoms with Crippen LogP contribution in [0.3, 0.4) is 0 Å². The van der Waals surface area contributed by atoms with E-state index in [0.717, 1.165) is 10.8 Å². The smallest absolute Gasteiger partial charge is 0.270 e. The van der Waals surface area contributed by atoms with Gasteiger partial charge in [-0.25, -0.2) is 13.4 Å². The molecule has 0 radical (unpaired) electrons. The van der Waals surface area contributed by atoms with Gasteiger partial charge in [0, 0.05) is 11.4 Å². The summed E-state index contributed by atoms with van der Waals surface area (Å²) in [4.78, 5) is 16.5. The summed E-state index contributed by atoms with van der Waals surface area (Å²) in [6.45, 7) is 0. The van der Waals surface area contributed by atoms with Crippen molar-refractivity contribution in [3.63, 3.8) is 0 Å². The van der Waals surface area contributed by atoms with E-state index in [1.165, 1.54) is 7.11 Å². The molecule has 1 fully saturated rings. The monoisotopic (exact) mass is 320 g/mol. The highest BCUT2D eigenvalue weighted by molar-refractivity contribution is 7.91. The third-order valence-corrected chi connectivity index (χ3v) is 5.47. The van der Waals surface area contributed by atoms with Gasteiger partial charge in [-0.05, 0) is 23.9 Å². The molecule has 116 valence electrons. The normalized spacial score (nSPS) is 20.0.